The van der Waals surface area contributed by atoms with Crippen LogP contribution in [0.5, 0.6) is 0 Å². The van der Waals surface area contributed by atoms with Crippen molar-refractivity contribution in [3.8, 4) is 0 Å². The maximum Gasteiger partial charge on any atom is 0.252 e. The topological polar surface area (TPSA) is 108 Å². The van der Waals surface area contributed by atoms with Crippen LogP contribution in [-0.4, -0.2) is 43.2 Å². The van der Waals surface area contributed by atoms with Crippen LogP contribution >= 0.6 is 0 Å². The second-order valence-corrected chi connectivity index (χ2v) is 6.22. The van der Waals surface area contributed by atoms with Gasteiger partial charge in [-0.1, -0.05) is 5.16 Å². The van der Waals surface area contributed by atoms with E-state index in [2.05, 4.69) is 10.1 Å². The van der Waals surface area contributed by atoms with Crippen LogP contribution in [0.15, 0.2) is 4.52 Å². The number of aromatic nitrogens is 2. The summed E-state index contributed by atoms with van der Waals surface area (Å²) in [5.74, 6) is 0.975. The standard InChI is InChI=1S/C9H15N3O4S/c10-2-3-15-5-8-11-9(12-16-8)7-1-4-17(13,14)6-7/h7H,1-6,10H2. The van der Waals surface area contributed by atoms with Crippen LogP contribution in [0.1, 0.15) is 24.1 Å². The molecule has 1 saturated heterocycles. The summed E-state index contributed by atoms with van der Waals surface area (Å²) in [4.78, 5) is 4.12. The van der Waals surface area contributed by atoms with Gasteiger partial charge in [-0.3, -0.25) is 0 Å². The minimum absolute atomic E-state index is 0.107. The molecule has 7 nitrogen and oxygen atoms in total. The first-order valence-electron chi connectivity index (χ1n) is 5.41. The molecule has 2 rings (SSSR count). The molecule has 0 amide bonds. The maximum absolute atomic E-state index is 11.3. The highest BCUT2D eigenvalue weighted by atomic mass is 32.2. The molecule has 1 aromatic rings. The predicted octanol–water partition coefficient (Wildman–Crippen LogP) is -0.553. The van der Waals surface area contributed by atoms with E-state index in [4.69, 9.17) is 15.0 Å². The second kappa shape index (κ2) is 5.11. The van der Waals surface area contributed by atoms with E-state index in [0.29, 0.717) is 31.3 Å². The first-order chi connectivity index (χ1) is 8.11. The summed E-state index contributed by atoms with van der Waals surface area (Å²) in [5, 5.41) is 3.78. The molecule has 2 N–H and O–H groups in total. The third-order valence-electron chi connectivity index (χ3n) is 2.57. The molecule has 0 bridgehead atoms. The molecular weight excluding hydrogens is 246 g/mol. The predicted molar refractivity (Wildman–Crippen MR) is 59.0 cm³/mol. The Balaban J connectivity index is 1.94. The number of sulfone groups is 1. The molecule has 96 valence electrons. The molecule has 1 aliphatic rings. The minimum atomic E-state index is -2.92. The van der Waals surface area contributed by atoms with Crippen molar-refractivity contribution < 1.29 is 17.7 Å². The van der Waals surface area contributed by atoms with Gasteiger partial charge in [-0.2, -0.15) is 4.98 Å². The quantitative estimate of drug-likeness (QED) is 0.708. The van der Waals surface area contributed by atoms with Gasteiger partial charge in [0.25, 0.3) is 5.89 Å². The Bertz CT molecular complexity index is 470. The molecule has 1 fully saturated rings. The minimum Gasteiger partial charge on any atom is -0.370 e. The van der Waals surface area contributed by atoms with E-state index in [1.807, 2.05) is 0 Å². The van der Waals surface area contributed by atoms with Crippen LogP contribution in [0.2, 0.25) is 0 Å². The van der Waals surface area contributed by atoms with E-state index in [9.17, 15) is 8.42 Å². The third-order valence-corrected chi connectivity index (χ3v) is 4.34. The average Bonchev–Trinajstić information content (AvgIpc) is 2.85. The Labute approximate surface area is 99.2 Å². The fraction of sp³-hybridized carbons (Fsp3) is 0.778. The summed E-state index contributed by atoms with van der Waals surface area (Å²) in [7, 11) is -2.92. The highest BCUT2D eigenvalue weighted by Gasteiger charge is 2.32. The lowest BCUT2D eigenvalue weighted by molar-refractivity contribution is 0.104. The molecule has 1 aliphatic heterocycles. The lowest BCUT2D eigenvalue weighted by atomic mass is 10.1. The Morgan fingerprint density at radius 1 is 1.53 bits per heavy atom. The summed E-state index contributed by atoms with van der Waals surface area (Å²) in [6.07, 6.45) is 0.560. The molecule has 2 heterocycles. The van der Waals surface area contributed by atoms with E-state index in [-0.39, 0.29) is 24.0 Å². The van der Waals surface area contributed by atoms with Crippen LogP contribution in [0.4, 0.5) is 0 Å². The molecule has 8 heteroatoms. The first-order valence-corrected chi connectivity index (χ1v) is 7.23. The van der Waals surface area contributed by atoms with Gasteiger partial charge in [-0.25, -0.2) is 8.42 Å². The van der Waals surface area contributed by atoms with Crippen molar-refractivity contribution in [2.75, 3.05) is 24.7 Å². The lowest BCUT2D eigenvalue weighted by Crippen LogP contribution is -2.08. The van der Waals surface area contributed by atoms with Crippen molar-refractivity contribution in [3.05, 3.63) is 11.7 Å². The molecule has 1 unspecified atom stereocenters. The highest BCUT2D eigenvalue weighted by Crippen LogP contribution is 2.26. The number of ether oxygens (including phenoxy) is 1. The van der Waals surface area contributed by atoms with Crippen LogP contribution in [0.3, 0.4) is 0 Å². The fourth-order valence-corrected chi connectivity index (χ4v) is 3.47. The molecule has 0 aromatic carbocycles. The molecule has 0 saturated carbocycles. The van der Waals surface area contributed by atoms with Gasteiger partial charge in [0.05, 0.1) is 18.1 Å². The molecule has 0 spiro atoms. The molecule has 17 heavy (non-hydrogen) atoms. The van der Waals surface area contributed by atoms with E-state index in [0.717, 1.165) is 0 Å². The summed E-state index contributed by atoms with van der Waals surface area (Å²) in [6, 6.07) is 0. The van der Waals surface area contributed by atoms with Gasteiger partial charge in [0, 0.05) is 12.5 Å². The smallest absolute Gasteiger partial charge is 0.252 e. The zero-order chi connectivity index (χ0) is 12.3. The monoisotopic (exact) mass is 261 g/mol. The van der Waals surface area contributed by atoms with E-state index in [1.165, 1.54) is 0 Å². The number of rotatable bonds is 5. The van der Waals surface area contributed by atoms with Crippen molar-refractivity contribution >= 4 is 9.84 Å². The normalized spacial score (nSPS) is 23.0. The fourth-order valence-electron chi connectivity index (χ4n) is 1.73. The highest BCUT2D eigenvalue weighted by molar-refractivity contribution is 7.91. The molecule has 0 aliphatic carbocycles. The van der Waals surface area contributed by atoms with Crippen LogP contribution in [0.25, 0.3) is 0 Å². The second-order valence-electron chi connectivity index (χ2n) is 3.99. The number of nitrogens with zero attached hydrogens (tertiary/aromatic N) is 2. The Kier molecular flexibility index (Phi) is 3.75. The van der Waals surface area contributed by atoms with Gasteiger partial charge in [0.15, 0.2) is 15.7 Å². The maximum atomic E-state index is 11.3. The average molecular weight is 261 g/mol. The molecule has 1 atom stereocenters. The van der Waals surface area contributed by atoms with Crippen molar-refractivity contribution in [1.82, 2.24) is 10.1 Å². The van der Waals surface area contributed by atoms with E-state index < -0.39 is 9.84 Å². The number of hydrogen-bond donors (Lipinski definition) is 1. The summed E-state index contributed by atoms with van der Waals surface area (Å²) < 4.78 is 32.7. The zero-order valence-corrected chi connectivity index (χ0v) is 10.1. The van der Waals surface area contributed by atoms with Crippen molar-refractivity contribution in [3.63, 3.8) is 0 Å². The molecular formula is C9H15N3O4S. The SMILES string of the molecule is NCCOCc1nc(C2CCS(=O)(=O)C2)no1. The Hall–Kier alpha value is -0.990. The lowest BCUT2D eigenvalue weighted by Gasteiger charge is -1.98. The van der Waals surface area contributed by atoms with Gasteiger partial charge in [-0.05, 0) is 6.42 Å². The number of hydrogen-bond acceptors (Lipinski definition) is 7. The van der Waals surface area contributed by atoms with Gasteiger partial charge >= 0.3 is 0 Å². The van der Waals surface area contributed by atoms with E-state index >= 15 is 0 Å². The Morgan fingerprint density at radius 2 is 2.35 bits per heavy atom. The van der Waals surface area contributed by atoms with Crippen LogP contribution < -0.4 is 5.73 Å². The van der Waals surface area contributed by atoms with E-state index in [1.54, 1.807) is 0 Å². The molecule has 1 aromatic heterocycles. The molecule has 0 radical (unpaired) electrons. The number of nitrogens with two attached hydrogens (primary N) is 1. The van der Waals surface area contributed by atoms with Crippen LogP contribution in [0, 0.1) is 0 Å². The summed E-state index contributed by atoms with van der Waals surface area (Å²) in [5.41, 5.74) is 5.27. The van der Waals surface area contributed by atoms with Gasteiger partial charge in [0.1, 0.15) is 6.61 Å². The van der Waals surface area contributed by atoms with Gasteiger partial charge < -0.3 is 15.0 Å². The van der Waals surface area contributed by atoms with Gasteiger partial charge in [0.2, 0.25) is 0 Å². The van der Waals surface area contributed by atoms with Crippen LogP contribution in [-0.2, 0) is 21.2 Å². The van der Waals surface area contributed by atoms with Crippen molar-refractivity contribution in [2.24, 2.45) is 5.73 Å². The zero-order valence-electron chi connectivity index (χ0n) is 9.33. The largest absolute Gasteiger partial charge is 0.370 e. The van der Waals surface area contributed by atoms with Gasteiger partial charge in [-0.15, -0.1) is 0 Å². The Morgan fingerprint density at radius 3 is 3.00 bits per heavy atom. The first kappa shape index (κ1) is 12.5. The summed E-state index contributed by atoms with van der Waals surface area (Å²) >= 11 is 0. The van der Waals surface area contributed by atoms with Crippen molar-refractivity contribution in [1.29, 1.82) is 0 Å². The summed E-state index contributed by atoms with van der Waals surface area (Å²) in [6.45, 7) is 1.07. The van der Waals surface area contributed by atoms with Crippen molar-refractivity contribution in [2.45, 2.75) is 18.9 Å². The third kappa shape index (κ3) is 3.24.